The van der Waals surface area contributed by atoms with Crippen molar-refractivity contribution in [2.45, 2.75) is 45.6 Å². The molecule has 1 fully saturated rings. The van der Waals surface area contributed by atoms with Gasteiger partial charge in [0.1, 0.15) is 11.5 Å². The highest BCUT2D eigenvalue weighted by molar-refractivity contribution is 7.16. The molecular weight excluding hydrogens is 336 g/mol. The summed E-state index contributed by atoms with van der Waals surface area (Å²) in [6.45, 7) is 6.71. The Kier molecular flexibility index (Phi) is 4.03. The molecule has 1 aromatic heterocycles. The number of likely N-dealkylation sites (tertiary alicyclic amines) is 1. The summed E-state index contributed by atoms with van der Waals surface area (Å²) >= 11 is 7.38. The highest BCUT2D eigenvalue weighted by Crippen LogP contribution is 2.53. The number of carbonyl (C=O) groups is 1. The second kappa shape index (κ2) is 5.62. The molecule has 1 amide bonds. The van der Waals surface area contributed by atoms with Gasteiger partial charge in [0.25, 0.3) is 0 Å². The molecule has 1 spiro atoms. The molecule has 124 valence electrons. The van der Waals surface area contributed by atoms with E-state index in [1.165, 1.54) is 11.3 Å². The van der Waals surface area contributed by atoms with Crippen molar-refractivity contribution >= 4 is 40.5 Å². The van der Waals surface area contributed by atoms with Gasteiger partial charge >= 0.3 is 6.09 Å². The van der Waals surface area contributed by atoms with Gasteiger partial charge in [-0.15, -0.1) is 11.3 Å². The van der Waals surface area contributed by atoms with Gasteiger partial charge in [-0.25, -0.2) is 14.6 Å². The van der Waals surface area contributed by atoms with Crippen molar-refractivity contribution in [1.29, 1.82) is 0 Å². The van der Waals surface area contributed by atoms with Crippen molar-refractivity contribution in [2.75, 3.05) is 13.1 Å². The third-order valence-corrected chi connectivity index (χ3v) is 5.57. The lowest BCUT2D eigenvalue weighted by Gasteiger charge is -2.39. The lowest BCUT2D eigenvalue weighted by molar-refractivity contribution is 0.0154. The van der Waals surface area contributed by atoms with Crippen LogP contribution in [0.25, 0.3) is 5.57 Å². The minimum absolute atomic E-state index is 0.251. The predicted molar refractivity (Wildman–Crippen MR) is 89.4 cm³/mol. The number of rotatable bonds is 0. The number of hydrogen-bond acceptors (Lipinski definition) is 5. The number of amides is 1. The highest BCUT2D eigenvalue weighted by atomic mass is 35.5. The van der Waals surface area contributed by atoms with Gasteiger partial charge in [-0.2, -0.15) is 0 Å². The van der Waals surface area contributed by atoms with Crippen LogP contribution in [0, 0.1) is 5.41 Å². The molecule has 1 saturated heterocycles. The second-order valence-electron chi connectivity index (χ2n) is 7.14. The smallest absolute Gasteiger partial charge is 0.410 e. The van der Waals surface area contributed by atoms with E-state index in [1.807, 2.05) is 20.8 Å². The summed E-state index contributed by atoms with van der Waals surface area (Å²) in [4.78, 5) is 30.7. The summed E-state index contributed by atoms with van der Waals surface area (Å²) in [7, 11) is 0. The number of hydrogen-bond donors (Lipinski definition) is 0. The van der Waals surface area contributed by atoms with Gasteiger partial charge in [-0.3, -0.25) is 0 Å². The Hall–Kier alpha value is -1.36. The maximum absolute atomic E-state index is 12.2. The number of ether oxygens (including phenoxy) is 1. The van der Waals surface area contributed by atoms with Crippen LogP contribution in [0.5, 0.6) is 0 Å². The zero-order valence-electron chi connectivity index (χ0n) is 13.4. The monoisotopic (exact) mass is 354 g/mol. The van der Waals surface area contributed by atoms with Crippen LogP contribution in [-0.4, -0.2) is 40.6 Å². The first kappa shape index (κ1) is 16.5. The lowest BCUT2D eigenvalue weighted by Crippen LogP contribution is -2.45. The Morgan fingerprint density at radius 2 is 2.04 bits per heavy atom. The molecular formula is C16H19ClN2O3S. The molecule has 0 bridgehead atoms. The van der Waals surface area contributed by atoms with Gasteiger partial charge in [-0.1, -0.05) is 11.6 Å². The number of carbonyl (C=O) groups excluding carboxylic acids is 2. The number of nitrogens with zero attached hydrogens (tertiary/aromatic N) is 2. The third-order valence-electron chi connectivity index (χ3n) is 4.41. The van der Waals surface area contributed by atoms with Gasteiger partial charge in [0.05, 0.1) is 11.3 Å². The zero-order valence-corrected chi connectivity index (χ0v) is 15.0. The van der Waals surface area contributed by atoms with Crippen LogP contribution in [0.3, 0.4) is 0 Å². The minimum Gasteiger partial charge on any atom is -0.444 e. The Morgan fingerprint density at radius 1 is 1.39 bits per heavy atom. The fourth-order valence-electron chi connectivity index (χ4n) is 3.31. The molecule has 7 heteroatoms. The topological polar surface area (TPSA) is 59.5 Å². The maximum atomic E-state index is 12.2. The van der Waals surface area contributed by atoms with Crippen molar-refractivity contribution < 1.29 is 14.3 Å². The largest absolute Gasteiger partial charge is 0.444 e. The molecule has 1 aromatic rings. The summed E-state index contributed by atoms with van der Waals surface area (Å²) in [5.74, 6) is 2.09. The molecule has 2 heterocycles. The van der Waals surface area contributed by atoms with Crippen molar-refractivity contribution in [3.8, 4) is 0 Å². The summed E-state index contributed by atoms with van der Waals surface area (Å²) in [5, 5.41) is 0. The van der Waals surface area contributed by atoms with E-state index in [1.54, 1.807) is 4.90 Å². The quantitative estimate of drug-likeness (QED) is 0.668. The van der Waals surface area contributed by atoms with E-state index in [0.29, 0.717) is 28.8 Å². The van der Waals surface area contributed by atoms with Crippen molar-refractivity contribution in [3.05, 3.63) is 15.0 Å². The molecule has 0 radical (unpaired) electrons. The van der Waals surface area contributed by atoms with Crippen molar-refractivity contribution in [3.63, 3.8) is 0 Å². The van der Waals surface area contributed by atoms with Crippen LogP contribution in [0.1, 0.15) is 44.2 Å². The first-order valence-corrected chi connectivity index (χ1v) is 8.83. The summed E-state index contributed by atoms with van der Waals surface area (Å²) in [6, 6.07) is 0. The van der Waals surface area contributed by atoms with E-state index < -0.39 is 5.60 Å². The molecule has 1 aliphatic heterocycles. The SMILES string of the molecule is CC(C)(C)OC(=O)N1CCC2(CC1)Cc1sc(Cl)nc1C2=C=O. The Labute approximate surface area is 144 Å². The van der Waals surface area contributed by atoms with Crippen LogP contribution in [-0.2, 0) is 16.0 Å². The molecule has 5 nitrogen and oxygen atoms in total. The molecule has 1 aliphatic carbocycles. The van der Waals surface area contributed by atoms with E-state index in [-0.39, 0.29) is 11.5 Å². The Balaban J connectivity index is 1.73. The Bertz CT molecular complexity index is 693. The zero-order chi connectivity index (χ0) is 16.8. The van der Waals surface area contributed by atoms with E-state index in [0.717, 1.165) is 24.1 Å². The van der Waals surface area contributed by atoms with Crippen LogP contribution >= 0.6 is 22.9 Å². The molecule has 2 aliphatic rings. The molecule has 23 heavy (non-hydrogen) atoms. The van der Waals surface area contributed by atoms with E-state index in [4.69, 9.17) is 16.3 Å². The lowest BCUT2D eigenvalue weighted by atomic mass is 9.74. The minimum atomic E-state index is -0.502. The number of fused-ring (bicyclic) bond motifs is 1. The van der Waals surface area contributed by atoms with E-state index in [2.05, 4.69) is 10.9 Å². The fourth-order valence-corrected chi connectivity index (χ4v) is 4.61. The normalized spacial score (nSPS) is 19.7. The number of piperidine rings is 1. The van der Waals surface area contributed by atoms with Gasteiger partial charge in [0.15, 0.2) is 4.47 Å². The number of halogens is 1. The molecule has 0 aromatic carbocycles. The third kappa shape index (κ3) is 3.03. The number of allylic oxidation sites excluding steroid dienone is 1. The molecule has 0 unspecified atom stereocenters. The average Bonchev–Trinajstić information content (AvgIpc) is 2.90. The molecule has 3 rings (SSSR count). The van der Waals surface area contributed by atoms with Crippen LogP contribution in [0.4, 0.5) is 4.79 Å². The fraction of sp³-hybridized carbons (Fsp3) is 0.625. The summed E-state index contributed by atoms with van der Waals surface area (Å²) in [5.41, 5.74) is 0.581. The predicted octanol–water partition coefficient (Wildman–Crippen LogP) is 3.58. The number of thiazole rings is 1. The first-order valence-electron chi connectivity index (χ1n) is 7.63. The molecule has 0 atom stereocenters. The van der Waals surface area contributed by atoms with Gasteiger partial charge in [-0.05, 0) is 40.0 Å². The standard InChI is InChI=1S/C16H19ClN2O3S/c1-15(2,3)22-14(21)19-6-4-16(5-7-19)8-11-12(10(16)9-20)18-13(17)23-11/h4-8H2,1-3H3. The van der Waals surface area contributed by atoms with Crippen LogP contribution in [0.15, 0.2) is 0 Å². The van der Waals surface area contributed by atoms with Crippen LogP contribution < -0.4 is 0 Å². The van der Waals surface area contributed by atoms with Gasteiger partial charge in [0, 0.05) is 23.4 Å². The maximum Gasteiger partial charge on any atom is 0.410 e. The Morgan fingerprint density at radius 3 is 2.61 bits per heavy atom. The highest BCUT2D eigenvalue weighted by Gasteiger charge is 2.47. The first-order chi connectivity index (χ1) is 10.7. The average molecular weight is 355 g/mol. The van der Waals surface area contributed by atoms with E-state index >= 15 is 0 Å². The van der Waals surface area contributed by atoms with Crippen LogP contribution in [0.2, 0.25) is 4.47 Å². The van der Waals surface area contributed by atoms with Crippen molar-refractivity contribution in [1.82, 2.24) is 9.88 Å². The van der Waals surface area contributed by atoms with Crippen molar-refractivity contribution in [2.24, 2.45) is 5.41 Å². The van der Waals surface area contributed by atoms with Gasteiger partial charge in [0.2, 0.25) is 0 Å². The molecule has 0 saturated carbocycles. The summed E-state index contributed by atoms with van der Waals surface area (Å²) in [6.07, 6.45) is 1.91. The second-order valence-corrected chi connectivity index (χ2v) is 8.81. The van der Waals surface area contributed by atoms with Gasteiger partial charge < -0.3 is 9.64 Å². The molecule has 0 N–H and O–H groups in total. The summed E-state index contributed by atoms with van der Waals surface area (Å²) < 4.78 is 5.88. The van der Waals surface area contributed by atoms with E-state index in [9.17, 15) is 9.59 Å². The number of aromatic nitrogens is 1.